The Hall–Kier alpha value is -3.12. The van der Waals surface area contributed by atoms with E-state index in [1.54, 1.807) is 4.68 Å². The quantitative estimate of drug-likeness (QED) is 0.566. The van der Waals surface area contributed by atoms with Crippen molar-refractivity contribution in [3.05, 3.63) is 77.0 Å². The van der Waals surface area contributed by atoms with Crippen LogP contribution in [0, 0.1) is 0 Å². The number of aliphatic hydroxyl groups excluding tert-OH is 1. The van der Waals surface area contributed by atoms with Crippen LogP contribution in [0.2, 0.25) is 0 Å². The molecule has 31 heavy (non-hydrogen) atoms. The van der Waals surface area contributed by atoms with Gasteiger partial charge in [-0.1, -0.05) is 57.2 Å². The molecule has 0 aliphatic heterocycles. The summed E-state index contributed by atoms with van der Waals surface area (Å²) in [6.07, 6.45) is 3.04. The molecule has 3 aromatic rings. The molecule has 4 rings (SSSR count). The maximum absolute atomic E-state index is 13.0. The van der Waals surface area contributed by atoms with Crippen molar-refractivity contribution in [3.8, 4) is 5.69 Å². The molecule has 2 aromatic carbocycles. The number of hydrogen-bond donors (Lipinski definition) is 3. The summed E-state index contributed by atoms with van der Waals surface area (Å²) in [5, 5.41) is 20.4. The van der Waals surface area contributed by atoms with Crippen LogP contribution in [0.15, 0.2) is 54.6 Å². The lowest BCUT2D eigenvalue weighted by Gasteiger charge is -2.26. The first-order chi connectivity index (χ1) is 14.8. The highest BCUT2D eigenvalue weighted by atomic mass is 16.3. The van der Waals surface area contributed by atoms with Crippen molar-refractivity contribution in [3.63, 3.8) is 0 Å². The molecule has 0 bridgehead atoms. The maximum atomic E-state index is 13.0. The van der Waals surface area contributed by atoms with Crippen molar-refractivity contribution >= 4 is 11.8 Å². The van der Waals surface area contributed by atoms with Gasteiger partial charge >= 0.3 is 6.03 Å². The molecule has 1 atom stereocenters. The van der Waals surface area contributed by atoms with Gasteiger partial charge in [0.15, 0.2) is 0 Å². The molecule has 0 saturated heterocycles. The summed E-state index contributed by atoms with van der Waals surface area (Å²) in [7, 11) is 0. The molecule has 0 saturated carbocycles. The van der Waals surface area contributed by atoms with Gasteiger partial charge in [-0.3, -0.25) is 5.32 Å². The minimum absolute atomic E-state index is 0.00104. The SMILES string of the molecule is CC(C)(C)c1cc(NC(=O)NC2CCCc3ccccc32)n(-c2cccc(CO)c2)n1. The molecule has 162 valence electrons. The summed E-state index contributed by atoms with van der Waals surface area (Å²) in [6, 6.07) is 17.5. The van der Waals surface area contributed by atoms with Crippen LogP contribution in [0.4, 0.5) is 10.6 Å². The number of nitrogens with one attached hydrogen (secondary N) is 2. The van der Waals surface area contributed by atoms with Crippen molar-refractivity contribution in [1.82, 2.24) is 15.1 Å². The lowest BCUT2D eigenvalue weighted by atomic mass is 9.88. The Kier molecular flexibility index (Phi) is 5.83. The van der Waals surface area contributed by atoms with Gasteiger partial charge in [0.2, 0.25) is 0 Å². The smallest absolute Gasteiger partial charge is 0.320 e. The number of carbonyl (C=O) groups excluding carboxylic acids is 1. The maximum Gasteiger partial charge on any atom is 0.320 e. The Morgan fingerprint density at radius 1 is 1.16 bits per heavy atom. The third-order valence-electron chi connectivity index (χ3n) is 5.73. The van der Waals surface area contributed by atoms with E-state index >= 15 is 0 Å². The molecule has 0 radical (unpaired) electrons. The molecule has 2 amide bonds. The number of rotatable bonds is 4. The van der Waals surface area contributed by atoms with E-state index in [1.807, 2.05) is 42.5 Å². The number of aromatic nitrogens is 2. The second-order valence-corrected chi connectivity index (χ2v) is 9.15. The minimum atomic E-state index is -0.248. The topological polar surface area (TPSA) is 79.2 Å². The first-order valence-electron chi connectivity index (χ1n) is 10.8. The van der Waals surface area contributed by atoms with E-state index in [-0.39, 0.29) is 24.1 Å². The van der Waals surface area contributed by atoms with Crippen LogP contribution in [0.1, 0.15) is 62.0 Å². The summed E-state index contributed by atoms with van der Waals surface area (Å²) in [4.78, 5) is 13.0. The lowest BCUT2D eigenvalue weighted by molar-refractivity contribution is 0.247. The highest BCUT2D eigenvalue weighted by molar-refractivity contribution is 5.89. The Morgan fingerprint density at radius 3 is 2.74 bits per heavy atom. The normalized spacial score (nSPS) is 15.9. The van der Waals surface area contributed by atoms with Crippen LogP contribution in [0.25, 0.3) is 5.69 Å². The predicted molar refractivity (Wildman–Crippen MR) is 122 cm³/mol. The number of anilines is 1. The van der Waals surface area contributed by atoms with Gasteiger partial charge in [-0.05, 0) is 48.1 Å². The highest BCUT2D eigenvalue weighted by Crippen LogP contribution is 2.30. The summed E-state index contributed by atoms with van der Waals surface area (Å²) >= 11 is 0. The second-order valence-electron chi connectivity index (χ2n) is 9.15. The molecule has 6 heteroatoms. The van der Waals surface area contributed by atoms with Crippen LogP contribution in [-0.2, 0) is 18.4 Å². The third kappa shape index (κ3) is 4.64. The van der Waals surface area contributed by atoms with E-state index in [2.05, 4.69) is 43.5 Å². The number of urea groups is 1. The predicted octanol–water partition coefficient (Wildman–Crippen LogP) is 4.86. The van der Waals surface area contributed by atoms with Gasteiger partial charge in [0.25, 0.3) is 0 Å². The molecule has 1 aromatic heterocycles. The number of carbonyl (C=O) groups is 1. The highest BCUT2D eigenvalue weighted by Gasteiger charge is 2.24. The molecule has 1 heterocycles. The molecule has 3 N–H and O–H groups in total. The fourth-order valence-corrected chi connectivity index (χ4v) is 4.03. The minimum Gasteiger partial charge on any atom is -0.392 e. The number of fused-ring (bicyclic) bond motifs is 1. The van der Waals surface area contributed by atoms with E-state index in [4.69, 9.17) is 5.10 Å². The summed E-state index contributed by atoms with van der Waals surface area (Å²) in [6.45, 7) is 6.22. The first-order valence-corrected chi connectivity index (χ1v) is 10.8. The number of aryl methyl sites for hydroxylation is 1. The molecule has 0 spiro atoms. The van der Waals surface area contributed by atoms with Crippen LogP contribution in [0.5, 0.6) is 0 Å². The Balaban J connectivity index is 1.60. The van der Waals surface area contributed by atoms with E-state index in [9.17, 15) is 9.90 Å². The Labute approximate surface area is 183 Å². The zero-order chi connectivity index (χ0) is 22.0. The standard InChI is InChI=1S/C25H30N4O2/c1-25(2,3)22-15-23(29(28-22)19-11-6-8-17(14-19)16-30)27-24(31)26-21-13-7-10-18-9-4-5-12-20(18)21/h4-6,8-9,11-12,14-15,21,30H,7,10,13,16H2,1-3H3,(H2,26,27,31). The van der Waals surface area contributed by atoms with Crippen LogP contribution < -0.4 is 10.6 Å². The molecule has 6 nitrogen and oxygen atoms in total. The van der Waals surface area contributed by atoms with Gasteiger partial charge in [0, 0.05) is 11.5 Å². The van der Waals surface area contributed by atoms with Crippen LogP contribution in [-0.4, -0.2) is 20.9 Å². The number of benzene rings is 2. The largest absolute Gasteiger partial charge is 0.392 e. The van der Waals surface area contributed by atoms with E-state index < -0.39 is 0 Å². The van der Waals surface area contributed by atoms with E-state index in [1.165, 1.54) is 11.1 Å². The number of nitrogens with zero attached hydrogens (tertiary/aromatic N) is 2. The Morgan fingerprint density at radius 2 is 1.97 bits per heavy atom. The average molecular weight is 419 g/mol. The van der Waals surface area contributed by atoms with Crippen molar-refractivity contribution in [2.45, 2.75) is 58.1 Å². The zero-order valence-electron chi connectivity index (χ0n) is 18.4. The van der Waals surface area contributed by atoms with Gasteiger partial charge in [0.05, 0.1) is 24.0 Å². The summed E-state index contributed by atoms with van der Waals surface area (Å²) < 4.78 is 1.73. The Bertz CT molecular complexity index is 1080. The fraction of sp³-hybridized carbons (Fsp3) is 0.360. The van der Waals surface area contributed by atoms with Gasteiger partial charge in [-0.25, -0.2) is 9.48 Å². The average Bonchev–Trinajstić information content (AvgIpc) is 3.18. The summed E-state index contributed by atoms with van der Waals surface area (Å²) in [5.74, 6) is 0.599. The van der Waals surface area contributed by atoms with Crippen molar-refractivity contribution in [2.24, 2.45) is 0 Å². The molecule has 1 aliphatic carbocycles. The van der Waals surface area contributed by atoms with Crippen LogP contribution in [0.3, 0.4) is 0 Å². The van der Waals surface area contributed by atoms with Gasteiger partial charge in [-0.15, -0.1) is 0 Å². The van der Waals surface area contributed by atoms with E-state index in [0.717, 1.165) is 36.2 Å². The fourth-order valence-electron chi connectivity index (χ4n) is 4.03. The molecule has 1 unspecified atom stereocenters. The van der Waals surface area contributed by atoms with Crippen molar-refractivity contribution in [1.29, 1.82) is 0 Å². The lowest BCUT2D eigenvalue weighted by Crippen LogP contribution is -2.34. The van der Waals surface area contributed by atoms with Gasteiger partial charge in [0.1, 0.15) is 5.82 Å². The second kappa shape index (κ2) is 8.55. The first kappa shape index (κ1) is 21.1. The van der Waals surface area contributed by atoms with Crippen molar-refractivity contribution in [2.75, 3.05) is 5.32 Å². The molecular formula is C25H30N4O2. The summed E-state index contributed by atoms with van der Waals surface area (Å²) in [5.41, 5.74) is 4.79. The third-order valence-corrected chi connectivity index (χ3v) is 5.73. The number of aliphatic hydroxyl groups is 1. The number of amides is 2. The van der Waals surface area contributed by atoms with E-state index in [0.29, 0.717) is 5.82 Å². The van der Waals surface area contributed by atoms with Gasteiger partial charge in [-0.2, -0.15) is 5.10 Å². The van der Waals surface area contributed by atoms with Crippen molar-refractivity contribution < 1.29 is 9.90 Å². The van der Waals surface area contributed by atoms with Crippen LogP contribution >= 0.6 is 0 Å². The molecular weight excluding hydrogens is 388 g/mol. The monoisotopic (exact) mass is 418 g/mol. The molecule has 1 aliphatic rings. The molecule has 0 fully saturated rings. The number of hydrogen-bond acceptors (Lipinski definition) is 3. The van der Waals surface area contributed by atoms with Gasteiger partial charge < -0.3 is 10.4 Å². The zero-order valence-corrected chi connectivity index (χ0v) is 18.4.